The molecule has 0 spiro atoms. The Morgan fingerprint density at radius 1 is 1.26 bits per heavy atom. The van der Waals surface area contributed by atoms with Crippen LogP contribution in [0.25, 0.3) is 10.9 Å². The number of halogens is 3. The van der Waals surface area contributed by atoms with Gasteiger partial charge in [-0.1, -0.05) is 6.92 Å². The van der Waals surface area contributed by atoms with Crippen molar-refractivity contribution in [3.05, 3.63) is 22.6 Å². The number of aromatic nitrogens is 2. The zero-order chi connectivity index (χ0) is 14.0. The molecule has 0 N–H and O–H groups in total. The predicted molar refractivity (Wildman–Crippen MR) is 69.8 cm³/mol. The molecule has 1 aromatic carbocycles. The van der Waals surface area contributed by atoms with E-state index in [2.05, 4.69) is 30.6 Å². The van der Waals surface area contributed by atoms with Gasteiger partial charge in [0.1, 0.15) is 10.4 Å². The average molecular weight is 333 g/mol. The summed E-state index contributed by atoms with van der Waals surface area (Å²) in [5.74, 6) is 0.784. The van der Waals surface area contributed by atoms with E-state index in [-0.39, 0.29) is 11.5 Å². The molecule has 0 aliphatic carbocycles. The molecule has 0 saturated carbocycles. The highest BCUT2D eigenvalue weighted by Crippen LogP contribution is 2.35. The molecule has 1 aromatic heterocycles. The van der Waals surface area contributed by atoms with Crippen LogP contribution >= 0.6 is 15.9 Å². The number of ether oxygens (including phenoxy) is 2. The highest BCUT2D eigenvalue weighted by Gasteiger charge is 2.14. The summed E-state index contributed by atoms with van der Waals surface area (Å²) >= 11 is 3.33. The fourth-order valence-corrected chi connectivity index (χ4v) is 2.17. The van der Waals surface area contributed by atoms with Gasteiger partial charge in [-0.15, -0.1) is 0 Å². The van der Waals surface area contributed by atoms with E-state index in [1.807, 2.05) is 6.92 Å². The van der Waals surface area contributed by atoms with Gasteiger partial charge in [0.25, 0.3) is 0 Å². The monoisotopic (exact) mass is 332 g/mol. The van der Waals surface area contributed by atoms with Gasteiger partial charge in [0.15, 0.2) is 11.5 Å². The van der Waals surface area contributed by atoms with Crippen LogP contribution in [0.15, 0.2) is 16.7 Å². The van der Waals surface area contributed by atoms with E-state index >= 15 is 0 Å². The second-order valence-electron chi connectivity index (χ2n) is 3.68. The zero-order valence-electron chi connectivity index (χ0n) is 10.3. The predicted octanol–water partition coefficient (Wildman–Crippen LogP) is 3.56. The molecule has 0 unspecified atom stereocenters. The van der Waals surface area contributed by atoms with Gasteiger partial charge in [0.2, 0.25) is 0 Å². The number of hydrogen-bond donors (Lipinski definition) is 0. The standard InChI is InChI=1S/C12H11BrF2N2O2/c1-3-10-16-7-5-9(19-12(14)15)8(18-2)4-6(7)11(13)17-10/h4-5,12H,3H2,1-2H3. The number of hydrogen-bond acceptors (Lipinski definition) is 4. The number of rotatable bonds is 4. The summed E-state index contributed by atoms with van der Waals surface area (Å²) < 4.78 is 34.7. The Labute approximate surface area is 116 Å². The number of alkyl halides is 2. The Morgan fingerprint density at radius 3 is 2.58 bits per heavy atom. The Bertz CT molecular complexity index is 608. The molecule has 0 aliphatic heterocycles. The van der Waals surface area contributed by atoms with E-state index in [0.717, 1.165) is 0 Å². The first kappa shape index (κ1) is 13.9. The largest absolute Gasteiger partial charge is 0.493 e. The third-order valence-corrected chi connectivity index (χ3v) is 3.12. The lowest BCUT2D eigenvalue weighted by Crippen LogP contribution is -2.04. The van der Waals surface area contributed by atoms with Crippen molar-refractivity contribution >= 4 is 26.8 Å². The third-order valence-electron chi connectivity index (χ3n) is 2.51. The molecule has 2 rings (SSSR count). The Balaban J connectivity index is 2.63. The first-order valence-corrected chi connectivity index (χ1v) is 6.33. The lowest BCUT2D eigenvalue weighted by atomic mass is 10.2. The molecule has 0 amide bonds. The van der Waals surface area contributed by atoms with Crippen LogP contribution in [0.5, 0.6) is 11.5 Å². The molecular formula is C12H11BrF2N2O2. The van der Waals surface area contributed by atoms with Crippen LogP contribution < -0.4 is 9.47 Å². The van der Waals surface area contributed by atoms with Crippen molar-refractivity contribution in [2.75, 3.05) is 7.11 Å². The molecule has 0 bridgehead atoms. The molecule has 0 radical (unpaired) electrons. The topological polar surface area (TPSA) is 44.2 Å². The van der Waals surface area contributed by atoms with Crippen molar-refractivity contribution in [1.29, 1.82) is 0 Å². The minimum atomic E-state index is -2.91. The minimum absolute atomic E-state index is 0.0438. The number of methoxy groups -OCH3 is 1. The quantitative estimate of drug-likeness (QED) is 0.803. The average Bonchev–Trinajstić information content (AvgIpc) is 2.37. The number of benzene rings is 1. The van der Waals surface area contributed by atoms with E-state index in [9.17, 15) is 8.78 Å². The zero-order valence-corrected chi connectivity index (χ0v) is 11.9. The van der Waals surface area contributed by atoms with Gasteiger partial charge in [-0.25, -0.2) is 9.97 Å². The maximum atomic E-state index is 12.3. The van der Waals surface area contributed by atoms with Gasteiger partial charge >= 0.3 is 6.61 Å². The van der Waals surface area contributed by atoms with Crippen LogP contribution in [0.2, 0.25) is 0 Å². The van der Waals surface area contributed by atoms with Crippen molar-refractivity contribution in [3.8, 4) is 11.5 Å². The molecule has 0 aliphatic rings. The summed E-state index contributed by atoms with van der Waals surface area (Å²) in [7, 11) is 1.38. The highest BCUT2D eigenvalue weighted by atomic mass is 79.9. The van der Waals surface area contributed by atoms with E-state index < -0.39 is 6.61 Å². The van der Waals surface area contributed by atoms with Gasteiger partial charge in [-0.05, 0) is 22.0 Å². The van der Waals surface area contributed by atoms with Crippen LogP contribution in [0.4, 0.5) is 8.78 Å². The first-order chi connectivity index (χ1) is 9.05. The molecule has 19 heavy (non-hydrogen) atoms. The summed E-state index contributed by atoms with van der Waals surface area (Å²) in [5.41, 5.74) is 0.523. The van der Waals surface area contributed by atoms with E-state index in [1.54, 1.807) is 6.07 Å². The number of aryl methyl sites for hydroxylation is 1. The normalized spacial score (nSPS) is 11.1. The second-order valence-corrected chi connectivity index (χ2v) is 4.43. The van der Waals surface area contributed by atoms with Crippen molar-refractivity contribution in [2.45, 2.75) is 20.0 Å². The maximum Gasteiger partial charge on any atom is 0.387 e. The Kier molecular flexibility index (Phi) is 4.14. The summed E-state index contributed by atoms with van der Waals surface area (Å²) in [5, 5.41) is 0.677. The van der Waals surface area contributed by atoms with Gasteiger partial charge in [-0.2, -0.15) is 8.78 Å². The molecule has 1 heterocycles. The third kappa shape index (κ3) is 2.91. The molecule has 102 valence electrons. The molecule has 4 nitrogen and oxygen atoms in total. The minimum Gasteiger partial charge on any atom is -0.493 e. The van der Waals surface area contributed by atoms with Crippen molar-refractivity contribution in [2.24, 2.45) is 0 Å². The van der Waals surface area contributed by atoms with E-state index in [0.29, 0.717) is 27.8 Å². The molecule has 7 heteroatoms. The molecule has 2 aromatic rings. The van der Waals surface area contributed by atoms with Gasteiger partial charge < -0.3 is 9.47 Å². The summed E-state index contributed by atoms with van der Waals surface area (Å²) in [6, 6.07) is 2.99. The van der Waals surface area contributed by atoms with Crippen LogP contribution in [0.1, 0.15) is 12.7 Å². The van der Waals surface area contributed by atoms with Crippen LogP contribution in [0, 0.1) is 0 Å². The molecule has 0 fully saturated rings. The first-order valence-electron chi connectivity index (χ1n) is 5.54. The van der Waals surface area contributed by atoms with Crippen molar-refractivity contribution in [3.63, 3.8) is 0 Å². The Hall–Kier alpha value is -1.50. The van der Waals surface area contributed by atoms with E-state index in [1.165, 1.54) is 13.2 Å². The van der Waals surface area contributed by atoms with Gasteiger partial charge in [-0.3, -0.25) is 0 Å². The number of fused-ring (bicyclic) bond motifs is 1. The lowest BCUT2D eigenvalue weighted by Gasteiger charge is -2.11. The van der Waals surface area contributed by atoms with Crippen molar-refractivity contribution < 1.29 is 18.3 Å². The highest BCUT2D eigenvalue weighted by molar-refractivity contribution is 9.10. The lowest BCUT2D eigenvalue weighted by molar-refractivity contribution is -0.0511. The smallest absolute Gasteiger partial charge is 0.387 e. The fourth-order valence-electron chi connectivity index (χ4n) is 1.65. The van der Waals surface area contributed by atoms with E-state index in [4.69, 9.17) is 4.74 Å². The van der Waals surface area contributed by atoms with Gasteiger partial charge in [0, 0.05) is 17.9 Å². The van der Waals surface area contributed by atoms with Crippen molar-refractivity contribution in [1.82, 2.24) is 9.97 Å². The van der Waals surface area contributed by atoms with Gasteiger partial charge in [0.05, 0.1) is 12.6 Å². The second kappa shape index (κ2) is 5.64. The fraction of sp³-hybridized carbons (Fsp3) is 0.333. The molecule has 0 atom stereocenters. The van der Waals surface area contributed by atoms with Crippen LogP contribution in [-0.2, 0) is 6.42 Å². The maximum absolute atomic E-state index is 12.3. The van der Waals surface area contributed by atoms with Crippen LogP contribution in [0.3, 0.4) is 0 Å². The summed E-state index contributed by atoms with van der Waals surface area (Å²) in [6.45, 7) is -1.00. The van der Waals surface area contributed by atoms with Crippen LogP contribution in [-0.4, -0.2) is 23.7 Å². The SMILES string of the molecule is CCc1nc(Br)c2cc(OC)c(OC(F)F)cc2n1. The summed E-state index contributed by atoms with van der Waals surface area (Å²) in [4.78, 5) is 8.52. The molecular weight excluding hydrogens is 322 g/mol. The number of nitrogens with zero attached hydrogens (tertiary/aromatic N) is 2. The summed E-state index contributed by atoms with van der Waals surface area (Å²) in [6.07, 6.45) is 0.644. The molecule has 0 saturated heterocycles. The Morgan fingerprint density at radius 2 is 2.00 bits per heavy atom.